The van der Waals surface area contributed by atoms with Gasteiger partial charge in [0.25, 0.3) is 0 Å². The fourth-order valence-electron chi connectivity index (χ4n) is 1.65. The van der Waals surface area contributed by atoms with E-state index in [9.17, 15) is 0 Å². The summed E-state index contributed by atoms with van der Waals surface area (Å²) in [6.45, 7) is 3.78. The zero-order valence-corrected chi connectivity index (χ0v) is 9.73. The van der Waals surface area contributed by atoms with Gasteiger partial charge in [-0.3, -0.25) is 4.68 Å². The third-order valence-electron chi connectivity index (χ3n) is 2.73. The topological polar surface area (TPSA) is 43.0 Å². The van der Waals surface area contributed by atoms with Crippen molar-refractivity contribution in [2.45, 2.75) is 19.9 Å². The average molecular weight is 219 g/mol. The van der Waals surface area contributed by atoms with Gasteiger partial charge in [-0.2, -0.15) is 5.10 Å². The van der Waals surface area contributed by atoms with E-state index < -0.39 is 0 Å². The van der Waals surface area contributed by atoms with Crippen LogP contribution >= 0.6 is 0 Å². The molecule has 0 radical (unpaired) electrons. The van der Waals surface area contributed by atoms with E-state index in [1.165, 1.54) is 11.3 Å². The van der Waals surface area contributed by atoms with Gasteiger partial charge in [-0.1, -0.05) is 0 Å². The van der Waals surface area contributed by atoms with Gasteiger partial charge in [0.2, 0.25) is 0 Å². The second-order valence-corrected chi connectivity index (χ2v) is 3.90. The van der Waals surface area contributed by atoms with E-state index >= 15 is 0 Å². The lowest BCUT2D eigenvalue weighted by Crippen LogP contribution is -2.18. The fraction of sp³-hybridized carbons (Fsp3) is 0.417. The van der Waals surface area contributed by atoms with E-state index in [1.54, 1.807) is 6.26 Å². The highest BCUT2D eigenvalue weighted by atomic mass is 16.3. The van der Waals surface area contributed by atoms with Gasteiger partial charge in [-0.15, -0.1) is 0 Å². The lowest BCUT2D eigenvalue weighted by molar-refractivity contribution is 0.480. The molecule has 4 heteroatoms. The molecule has 2 aromatic rings. The summed E-state index contributed by atoms with van der Waals surface area (Å²) in [6, 6.07) is 4.03. The van der Waals surface area contributed by atoms with E-state index in [4.69, 9.17) is 4.42 Å². The molecule has 0 fully saturated rings. The normalized spacial score (nSPS) is 10.9. The zero-order chi connectivity index (χ0) is 11.4. The number of furan rings is 1. The third-order valence-corrected chi connectivity index (χ3v) is 2.73. The molecular formula is C12H17N3O. The highest BCUT2D eigenvalue weighted by Crippen LogP contribution is 2.07. The SMILES string of the molecule is Cc1ccoc1CNCCc1ccnn1C. The van der Waals surface area contributed by atoms with Crippen LogP contribution in [0.5, 0.6) is 0 Å². The quantitative estimate of drug-likeness (QED) is 0.778. The molecule has 1 N–H and O–H groups in total. The minimum Gasteiger partial charge on any atom is -0.468 e. The van der Waals surface area contributed by atoms with Crippen LogP contribution in [-0.2, 0) is 20.0 Å². The number of aryl methyl sites for hydroxylation is 2. The molecule has 2 aromatic heterocycles. The Morgan fingerprint density at radius 3 is 2.94 bits per heavy atom. The van der Waals surface area contributed by atoms with Crippen molar-refractivity contribution in [3.8, 4) is 0 Å². The van der Waals surface area contributed by atoms with Crippen molar-refractivity contribution in [1.29, 1.82) is 0 Å². The Morgan fingerprint density at radius 2 is 2.31 bits per heavy atom. The van der Waals surface area contributed by atoms with E-state index in [-0.39, 0.29) is 0 Å². The molecule has 0 aliphatic heterocycles. The van der Waals surface area contributed by atoms with Crippen molar-refractivity contribution < 1.29 is 4.42 Å². The summed E-state index contributed by atoms with van der Waals surface area (Å²) < 4.78 is 7.25. The lowest BCUT2D eigenvalue weighted by Gasteiger charge is -2.04. The summed E-state index contributed by atoms with van der Waals surface area (Å²) in [5.74, 6) is 1.02. The van der Waals surface area contributed by atoms with Crippen LogP contribution in [0.1, 0.15) is 17.0 Å². The molecular weight excluding hydrogens is 202 g/mol. The number of nitrogens with zero attached hydrogens (tertiary/aromatic N) is 2. The van der Waals surface area contributed by atoms with E-state index in [0.717, 1.165) is 25.3 Å². The number of nitrogens with one attached hydrogen (secondary N) is 1. The summed E-state index contributed by atoms with van der Waals surface area (Å²) in [5, 5.41) is 7.49. The van der Waals surface area contributed by atoms with Gasteiger partial charge in [-0.05, 0) is 24.6 Å². The molecule has 86 valence electrons. The number of hydrogen-bond donors (Lipinski definition) is 1. The van der Waals surface area contributed by atoms with Crippen molar-refractivity contribution in [2.75, 3.05) is 6.54 Å². The molecule has 0 amide bonds. The van der Waals surface area contributed by atoms with Gasteiger partial charge in [0, 0.05) is 31.9 Å². The Kier molecular flexibility index (Phi) is 3.41. The molecule has 2 rings (SSSR count). The van der Waals surface area contributed by atoms with Crippen LogP contribution in [-0.4, -0.2) is 16.3 Å². The van der Waals surface area contributed by atoms with Crippen LogP contribution in [0.25, 0.3) is 0 Å². The van der Waals surface area contributed by atoms with Gasteiger partial charge in [0.15, 0.2) is 0 Å². The van der Waals surface area contributed by atoms with Crippen molar-refractivity contribution >= 4 is 0 Å². The van der Waals surface area contributed by atoms with Crippen LogP contribution in [0.15, 0.2) is 29.0 Å². The maximum absolute atomic E-state index is 5.35. The summed E-state index contributed by atoms with van der Waals surface area (Å²) in [7, 11) is 1.96. The number of rotatable bonds is 5. The molecule has 0 saturated heterocycles. The van der Waals surface area contributed by atoms with Crippen LogP contribution in [0.2, 0.25) is 0 Å². The van der Waals surface area contributed by atoms with Gasteiger partial charge < -0.3 is 9.73 Å². The maximum atomic E-state index is 5.35. The molecule has 0 bridgehead atoms. The van der Waals surface area contributed by atoms with Gasteiger partial charge in [0.05, 0.1) is 12.8 Å². The standard InChI is InChI=1S/C12H17N3O/c1-10-5-8-16-12(10)9-13-6-3-11-4-7-14-15(11)2/h4-5,7-8,13H,3,6,9H2,1-2H3. The average Bonchev–Trinajstić information content (AvgIpc) is 2.84. The first-order valence-corrected chi connectivity index (χ1v) is 5.48. The third kappa shape index (κ3) is 2.52. The molecule has 4 nitrogen and oxygen atoms in total. The van der Waals surface area contributed by atoms with E-state index in [1.807, 2.05) is 30.1 Å². The lowest BCUT2D eigenvalue weighted by atomic mass is 10.2. The monoisotopic (exact) mass is 219 g/mol. The molecule has 0 atom stereocenters. The zero-order valence-electron chi connectivity index (χ0n) is 9.73. The van der Waals surface area contributed by atoms with E-state index in [0.29, 0.717) is 0 Å². The number of hydrogen-bond acceptors (Lipinski definition) is 3. The van der Waals surface area contributed by atoms with E-state index in [2.05, 4.69) is 17.3 Å². The first kappa shape index (κ1) is 11.0. The van der Waals surface area contributed by atoms with Crippen LogP contribution in [0.4, 0.5) is 0 Å². The Morgan fingerprint density at radius 1 is 1.44 bits per heavy atom. The van der Waals surface area contributed by atoms with Crippen molar-refractivity contribution in [2.24, 2.45) is 7.05 Å². The molecule has 0 aromatic carbocycles. The largest absolute Gasteiger partial charge is 0.468 e. The Hall–Kier alpha value is -1.55. The molecule has 0 unspecified atom stereocenters. The minimum atomic E-state index is 0.788. The second kappa shape index (κ2) is 4.99. The van der Waals surface area contributed by atoms with Crippen LogP contribution in [0.3, 0.4) is 0 Å². The van der Waals surface area contributed by atoms with Crippen molar-refractivity contribution in [3.05, 3.63) is 41.6 Å². The number of aromatic nitrogens is 2. The highest BCUT2D eigenvalue weighted by Gasteiger charge is 2.01. The molecule has 2 heterocycles. The van der Waals surface area contributed by atoms with Gasteiger partial charge in [-0.25, -0.2) is 0 Å². The predicted octanol–water partition coefficient (Wildman–Crippen LogP) is 1.65. The Labute approximate surface area is 95.3 Å². The first-order chi connectivity index (χ1) is 7.77. The smallest absolute Gasteiger partial charge is 0.120 e. The summed E-state index contributed by atoms with van der Waals surface area (Å²) in [4.78, 5) is 0. The van der Waals surface area contributed by atoms with Gasteiger partial charge >= 0.3 is 0 Å². The van der Waals surface area contributed by atoms with Crippen molar-refractivity contribution in [3.63, 3.8) is 0 Å². The maximum Gasteiger partial charge on any atom is 0.120 e. The summed E-state index contributed by atoms with van der Waals surface area (Å²) in [6.07, 6.45) is 4.54. The second-order valence-electron chi connectivity index (χ2n) is 3.90. The molecule has 0 aliphatic rings. The fourth-order valence-corrected chi connectivity index (χ4v) is 1.65. The molecule has 0 aliphatic carbocycles. The highest BCUT2D eigenvalue weighted by molar-refractivity contribution is 5.14. The van der Waals surface area contributed by atoms with Gasteiger partial charge in [0.1, 0.15) is 5.76 Å². The molecule has 0 spiro atoms. The minimum absolute atomic E-state index is 0.788. The Bertz CT molecular complexity index is 402. The first-order valence-electron chi connectivity index (χ1n) is 5.48. The van der Waals surface area contributed by atoms with Crippen LogP contribution in [0, 0.1) is 6.92 Å². The Balaban J connectivity index is 1.74. The summed E-state index contributed by atoms with van der Waals surface area (Å²) >= 11 is 0. The molecule has 16 heavy (non-hydrogen) atoms. The van der Waals surface area contributed by atoms with Crippen molar-refractivity contribution in [1.82, 2.24) is 15.1 Å². The van der Waals surface area contributed by atoms with Crippen LogP contribution < -0.4 is 5.32 Å². The molecule has 0 saturated carbocycles. The summed E-state index contributed by atoms with van der Waals surface area (Å²) in [5.41, 5.74) is 2.44. The predicted molar refractivity (Wildman–Crippen MR) is 62.1 cm³/mol.